The van der Waals surface area contributed by atoms with Gasteiger partial charge in [-0.05, 0) is 46.3 Å². The molecule has 0 bridgehead atoms. The highest BCUT2D eigenvalue weighted by Gasteiger charge is 2.12. The molecule has 98 valence electrons. The minimum Gasteiger partial charge on any atom is -0.478 e. The summed E-state index contributed by atoms with van der Waals surface area (Å²) >= 11 is 10.2. The Labute approximate surface area is 126 Å². The van der Waals surface area contributed by atoms with Crippen LogP contribution in [0.15, 0.2) is 34.8 Å². The van der Waals surface area contributed by atoms with E-state index in [1.807, 2.05) is 0 Å². The highest BCUT2D eigenvalue weighted by atomic mass is 79.9. The smallest absolute Gasteiger partial charge is 0.335 e. The van der Waals surface area contributed by atoms with Crippen molar-refractivity contribution in [1.82, 2.24) is 0 Å². The van der Waals surface area contributed by atoms with E-state index in [9.17, 15) is 9.59 Å². The normalized spacial score (nSPS) is 10.2. The van der Waals surface area contributed by atoms with Crippen LogP contribution in [0, 0.1) is 0 Å². The Kier molecular flexibility index (Phi) is 4.24. The summed E-state index contributed by atoms with van der Waals surface area (Å²) in [5.74, 6) is -1.39. The number of carboxylic acid groups (broad SMARTS) is 1. The van der Waals surface area contributed by atoms with Gasteiger partial charge in [-0.15, -0.1) is 11.3 Å². The van der Waals surface area contributed by atoms with Crippen molar-refractivity contribution < 1.29 is 14.7 Å². The lowest BCUT2D eigenvalue weighted by molar-refractivity contribution is 0.0696. The topological polar surface area (TPSA) is 66.4 Å². The van der Waals surface area contributed by atoms with Gasteiger partial charge in [0.1, 0.15) is 0 Å². The largest absolute Gasteiger partial charge is 0.478 e. The first-order chi connectivity index (χ1) is 8.97. The highest BCUT2D eigenvalue weighted by molar-refractivity contribution is 9.10. The average Bonchev–Trinajstić information content (AvgIpc) is 2.78. The molecule has 2 rings (SSSR count). The van der Waals surface area contributed by atoms with E-state index in [1.54, 1.807) is 18.2 Å². The molecule has 7 heteroatoms. The van der Waals surface area contributed by atoms with Gasteiger partial charge in [-0.1, -0.05) is 11.6 Å². The van der Waals surface area contributed by atoms with Crippen LogP contribution in [0.4, 0.5) is 5.69 Å². The molecule has 1 heterocycles. The number of anilines is 1. The predicted molar refractivity (Wildman–Crippen MR) is 78.4 cm³/mol. The number of hydrogen-bond acceptors (Lipinski definition) is 3. The zero-order valence-corrected chi connectivity index (χ0v) is 12.5. The van der Waals surface area contributed by atoms with E-state index in [0.29, 0.717) is 19.4 Å². The molecule has 1 aromatic carbocycles. The summed E-state index contributed by atoms with van der Waals surface area (Å²) in [4.78, 5) is 23.3. The van der Waals surface area contributed by atoms with Crippen LogP contribution in [-0.4, -0.2) is 17.0 Å². The quantitative estimate of drug-likeness (QED) is 0.865. The van der Waals surface area contributed by atoms with Crippen molar-refractivity contribution in [2.45, 2.75) is 0 Å². The first kappa shape index (κ1) is 14.0. The van der Waals surface area contributed by atoms with E-state index in [-0.39, 0.29) is 11.5 Å². The lowest BCUT2D eigenvalue weighted by Gasteiger charge is -2.07. The molecule has 19 heavy (non-hydrogen) atoms. The average molecular weight is 361 g/mol. The maximum Gasteiger partial charge on any atom is 0.335 e. The van der Waals surface area contributed by atoms with Crippen LogP contribution in [0.5, 0.6) is 0 Å². The first-order valence-electron chi connectivity index (χ1n) is 5.07. The van der Waals surface area contributed by atoms with Gasteiger partial charge in [0.25, 0.3) is 5.91 Å². The van der Waals surface area contributed by atoms with E-state index in [2.05, 4.69) is 21.2 Å². The van der Waals surface area contributed by atoms with Crippen molar-refractivity contribution in [3.8, 4) is 0 Å². The molecule has 1 amide bonds. The molecule has 2 N–H and O–H groups in total. The van der Waals surface area contributed by atoms with Gasteiger partial charge in [0, 0.05) is 4.47 Å². The van der Waals surface area contributed by atoms with Gasteiger partial charge in [0.05, 0.1) is 20.5 Å². The van der Waals surface area contributed by atoms with Crippen molar-refractivity contribution in [1.29, 1.82) is 0 Å². The monoisotopic (exact) mass is 359 g/mol. The maximum atomic E-state index is 11.9. The molecular formula is C12H7BrClNO3S. The molecule has 0 radical (unpaired) electrons. The molecule has 2 aromatic rings. The Hall–Kier alpha value is -1.37. The molecule has 0 atom stereocenters. The predicted octanol–water partition coefficient (Wildman–Crippen LogP) is 4.11. The third kappa shape index (κ3) is 3.34. The lowest BCUT2D eigenvalue weighted by atomic mass is 10.2. The van der Waals surface area contributed by atoms with Crippen LogP contribution in [0.25, 0.3) is 0 Å². The molecule has 0 saturated heterocycles. The van der Waals surface area contributed by atoms with Gasteiger partial charge in [-0.3, -0.25) is 4.79 Å². The van der Waals surface area contributed by atoms with E-state index in [0.717, 1.165) is 11.3 Å². The number of halogens is 2. The SMILES string of the molecule is O=C(O)c1ccc(Br)c(NC(=O)c2ccc(Cl)s2)c1. The molecule has 1 aromatic heterocycles. The summed E-state index contributed by atoms with van der Waals surface area (Å²) in [6.45, 7) is 0. The van der Waals surface area contributed by atoms with Crippen LogP contribution < -0.4 is 5.32 Å². The van der Waals surface area contributed by atoms with Gasteiger partial charge in [-0.25, -0.2) is 4.79 Å². The van der Waals surface area contributed by atoms with Crippen molar-refractivity contribution in [2.24, 2.45) is 0 Å². The van der Waals surface area contributed by atoms with Crippen molar-refractivity contribution in [3.63, 3.8) is 0 Å². The maximum absolute atomic E-state index is 11.9. The number of carbonyl (C=O) groups excluding carboxylic acids is 1. The molecule has 4 nitrogen and oxygen atoms in total. The molecule has 0 fully saturated rings. The standard InChI is InChI=1S/C12H7BrClNO3S/c13-7-2-1-6(12(17)18)5-8(7)15-11(16)9-3-4-10(14)19-9/h1-5H,(H,15,16)(H,17,18). The zero-order chi connectivity index (χ0) is 14.0. The number of nitrogens with one attached hydrogen (secondary N) is 1. The number of carbonyl (C=O) groups is 2. The summed E-state index contributed by atoms with van der Waals surface area (Å²) in [5.41, 5.74) is 0.497. The number of thiophene rings is 1. The van der Waals surface area contributed by atoms with Gasteiger partial charge in [0.2, 0.25) is 0 Å². The van der Waals surface area contributed by atoms with Crippen molar-refractivity contribution in [3.05, 3.63) is 49.6 Å². The summed E-state index contributed by atoms with van der Waals surface area (Å²) in [6.07, 6.45) is 0. The van der Waals surface area contributed by atoms with E-state index >= 15 is 0 Å². The minimum atomic E-state index is -1.05. The van der Waals surface area contributed by atoms with Gasteiger partial charge >= 0.3 is 5.97 Å². The second-order valence-electron chi connectivity index (χ2n) is 3.56. The van der Waals surface area contributed by atoms with Gasteiger partial charge in [0.15, 0.2) is 0 Å². The summed E-state index contributed by atoms with van der Waals surface area (Å²) < 4.78 is 1.12. The number of amides is 1. The Morgan fingerprint density at radius 2 is 2.00 bits per heavy atom. The fourth-order valence-electron chi connectivity index (χ4n) is 1.37. The van der Waals surface area contributed by atoms with Crippen LogP contribution in [0.3, 0.4) is 0 Å². The summed E-state index contributed by atoms with van der Waals surface area (Å²) in [7, 11) is 0. The number of aromatic carboxylic acids is 1. The molecule has 0 spiro atoms. The zero-order valence-electron chi connectivity index (χ0n) is 9.31. The molecule has 0 saturated carbocycles. The molecule has 0 aliphatic heterocycles. The highest BCUT2D eigenvalue weighted by Crippen LogP contribution is 2.26. The second-order valence-corrected chi connectivity index (χ2v) is 6.13. The molecule has 0 unspecified atom stereocenters. The Morgan fingerprint density at radius 3 is 2.58 bits per heavy atom. The van der Waals surface area contributed by atoms with Crippen LogP contribution in [0.2, 0.25) is 4.34 Å². The Bertz CT molecular complexity index is 656. The molecule has 0 aliphatic rings. The van der Waals surface area contributed by atoms with Crippen LogP contribution >= 0.6 is 38.9 Å². The number of rotatable bonds is 3. The lowest BCUT2D eigenvalue weighted by Crippen LogP contribution is -2.11. The summed E-state index contributed by atoms with van der Waals surface area (Å²) in [6, 6.07) is 7.64. The molecular weight excluding hydrogens is 354 g/mol. The van der Waals surface area contributed by atoms with Crippen LogP contribution in [-0.2, 0) is 0 Å². The first-order valence-corrected chi connectivity index (χ1v) is 7.05. The van der Waals surface area contributed by atoms with E-state index < -0.39 is 5.97 Å². The van der Waals surface area contributed by atoms with E-state index in [1.165, 1.54) is 12.1 Å². The number of carboxylic acids is 1. The second kappa shape index (κ2) is 5.73. The van der Waals surface area contributed by atoms with Crippen molar-refractivity contribution in [2.75, 3.05) is 5.32 Å². The third-order valence-corrected chi connectivity index (χ3v) is 4.18. The van der Waals surface area contributed by atoms with Crippen LogP contribution in [0.1, 0.15) is 20.0 Å². The number of benzene rings is 1. The molecule has 0 aliphatic carbocycles. The minimum absolute atomic E-state index is 0.0997. The Balaban J connectivity index is 2.25. The fourth-order valence-corrected chi connectivity index (χ4v) is 2.66. The Morgan fingerprint density at radius 1 is 1.26 bits per heavy atom. The third-order valence-electron chi connectivity index (χ3n) is 2.26. The number of hydrogen-bond donors (Lipinski definition) is 2. The van der Waals surface area contributed by atoms with Crippen molar-refractivity contribution >= 4 is 56.4 Å². The fraction of sp³-hybridized carbons (Fsp3) is 0. The van der Waals surface area contributed by atoms with Gasteiger partial charge < -0.3 is 10.4 Å². The van der Waals surface area contributed by atoms with E-state index in [4.69, 9.17) is 16.7 Å². The summed E-state index contributed by atoms with van der Waals surface area (Å²) in [5, 5.41) is 11.5. The van der Waals surface area contributed by atoms with Gasteiger partial charge in [-0.2, -0.15) is 0 Å².